The lowest BCUT2D eigenvalue weighted by molar-refractivity contribution is 0.0702. The zero-order valence-corrected chi connectivity index (χ0v) is 13.0. The van der Waals surface area contributed by atoms with Crippen molar-refractivity contribution >= 4 is 27.5 Å². The molecule has 0 aliphatic heterocycles. The number of hydrogen-bond donors (Lipinski definition) is 1. The molecule has 0 unspecified atom stereocenters. The number of carboxylic acid groups (broad SMARTS) is 1. The lowest BCUT2D eigenvalue weighted by atomic mass is 10.1. The van der Waals surface area contributed by atoms with Gasteiger partial charge in [0.05, 0.1) is 11.4 Å². The molecule has 0 aliphatic carbocycles. The fourth-order valence-corrected chi connectivity index (χ4v) is 3.36. The molecule has 0 bridgehead atoms. The molecule has 2 heterocycles. The third-order valence-electron chi connectivity index (χ3n) is 3.72. The van der Waals surface area contributed by atoms with Gasteiger partial charge < -0.3 is 5.11 Å². The van der Waals surface area contributed by atoms with Crippen molar-refractivity contribution in [2.24, 2.45) is 0 Å². The predicted octanol–water partition coefficient (Wildman–Crippen LogP) is 3.96. The minimum atomic E-state index is -0.884. The summed E-state index contributed by atoms with van der Waals surface area (Å²) in [5.41, 5.74) is 4.34. The molecule has 5 heteroatoms. The summed E-state index contributed by atoms with van der Waals surface area (Å²) < 4.78 is 1.86. The summed E-state index contributed by atoms with van der Waals surface area (Å²) in [6.45, 7) is 6.17. The maximum absolute atomic E-state index is 11.2. The summed E-state index contributed by atoms with van der Waals surface area (Å²) in [4.78, 5) is 12.4. The molecular formula is C16H16N2O2S. The molecule has 3 aromatic rings. The molecule has 0 atom stereocenters. The third kappa shape index (κ3) is 2.23. The number of aromatic nitrogens is 2. The van der Waals surface area contributed by atoms with Crippen LogP contribution in [0, 0.1) is 13.8 Å². The Kier molecular flexibility index (Phi) is 3.29. The molecule has 1 N–H and O–H groups in total. The lowest BCUT2D eigenvalue weighted by Gasteiger charge is -2.05. The number of thiophene rings is 1. The molecule has 0 saturated heterocycles. The van der Waals surface area contributed by atoms with E-state index in [1.807, 2.05) is 17.7 Å². The molecule has 108 valence electrons. The van der Waals surface area contributed by atoms with Crippen molar-refractivity contribution in [3.8, 4) is 5.69 Å². The van der Waals surface area contributed by atoms with Gasteiger partial charge in [0, 0.05) is 5.39 Å². The van der Waals surface area contributed by atoms with E-state index in [2.05, 4.69) is 31.1 Å². The molecule has 4 nitrogen and oxygen atoms in total. The maximum Gasteiger partial charge on any atom is 0.345 e. The molecule has 0 fully saturated rings. The van der Waals surface area contributed by atoms with Crippen LogP contribution < -0.4 is 0 Å². The largest absolute Gasteiger partial charge is 0.477 e. The second-order valence-electron chi connectivity index (χ2n) is 5.12. The SMILES string of the molecule is CCc1nn(-c2ccc(C)c(C)c2)c2sc(C(=O)O)cc12. The first-order valence-electron chi connectivity index (χ1n) is 6.83. The average Bonchev–Trinajstić information content (AvgIpc) is 3.00. The minimum absolute atomic E-state index is 0.356. The van der Waals surface area contributed by atoms with E-state index in [0.29, 0.717) is 4.88 Å². The number of hydrogen-bond acceptors (Lipinski definition) is 3. The van der Waals surface area contributed by atoms with Gasteiger partial charge in [-0.15, -0.1) is 11.3 Å². The molecule has 0 radical (unpaired) electrons. The Balaban J connectivity index is 2.26. The molecule has 0 spiro atoms. The van der Waals surface area contributed by atoms with Crippen LogP contribution in [0.3, 0.4) is 0 Å². The summed E-state index contributed by atoms with van der Waals surface area (Å²) in [5, 5.41) is 14.8. The molecular weight excluding hydrogens is 284 g/mol. The smallest absolute Gasteiger partial charge is 0.345 e. The second-order valence-corrected chi connectivity index (χ2v) is 6.15. The van der Waals surface area contributed by atoms with Crippen molar-refractivity contribution in [1.82, 2.24) is 9.78 Å². The highest BCUT2D eigenvalue weighted by Crippen LogP contribution is 2.31. The summed E-state index contributed by atoms with van der Waals surface area (Å²) in [7, 11) is 0. The highest BCUT2D eigenvalue weighted by molar-refractivity contribution is 7.20. The van der Waals surface area contributed by atoms with Crippen molar-refractivity contribution in [2.45, 2.75) is 27.2 Å². The van der Waals surface area contributed by atoms with Crippen LogP contribution in [0.4, 0.5) is 0 Å². The van der Waals surface area contributed by atoms with Crippen LogP contribution in [0.5, 0.6) is 0 Å². The van der Waals surface area contributed by atoms with Gasteiger partial charge in [0.1, 0.15) is 9.71 Å². The van der Waals surface area contributed by atoms with E-state index in [1.165, 1.54) is 22.5 Å². The Morgan fingerprint density at radius 3 is 2.67 bits per heavy atom. The fourth-order valence-electron chi connectivity index (χ4n) is 2.36. The molecule has 0 aliphatic rings. The lowest BCUT2D eigenvalue weighted by Crippen LogP contribution is -1.98. The fraction of sp³-hybridized carbons (Fsp3) is 0.250. The number of fused-ring (bicyclic) bond motifs is 1. The Bertz CT molecular complexity index is 845. The monoisotopic (exact) mass is 300 g/mol. The standard InChI is InChI=1S/C16H16N2O2S/c1-4-13-12-8-14(16(19)20)21-15(12)18(17-13)11-6-5-9(2)10(3)7-11/h5-8H,4H2,1-3H3,(H,19,20). The first-order chi connectivity index (χ1) is 10.0. The van der Waals surface area contributed by atoms with Gasteiger partial charge in [-0.2, -0.15) is 5.10 Å². The highest BCUT2D eigenvalue weighted by atomic mass is 32.1. The van der Waals surface area contributed by atoms with Crippen molar-refractivity contribution in [3.05, 3.63) is 46.0 Å². The highest BCUT2D eigenvalue weighted by Gasteiger charge is 2.17. The Morgan fingerprint density at radius 2 is 2.05 bits per heavy atom. The van der Waals surface area contributed by atoms with E-state index in [0.717, 1.165) is 28.0 Å². The van der Waals surface area contributed by atoms with Gasteiger partial charge in [-0.05, 0) is 49.6 Å². The van der Waals surface area contributed by atoms with Crippen LogP contribution in [-0.4, -0.2) is 20.9 Å². The van der Waals surface area contributed by atoms with Gasteiger partial charge in [-0.25, -0.2) is 9.48 Å². The minimum Gasteiger partial charge on any atom is -0.477 e. The van der Waals surface area contributed by atoms with Gasteiger partial charge in [0.25, 0.3) is 0 Å². The van der Waals surface area contributed by atoms with Crippen molar-refractivity contribution in [2.75, 3.05) is 0 Å². The quantitative estimate of drug-likeness (QED) is 0.796. The Labute approximate surface area is 126 Å². The van der Waals surface area contributed by atoms with Crippen LogP contribution >= 0.6 is 11.3 Å². The van der Waals surface area contributed by atoms with Crippen molar-refractivity contribution < 1.29 is 9.90 Å². The summed E-state index contributed by atoms with van der Waals surface area (Å²) >= 11 is 1.27. The van der Waals surface area contributed by atoms with E-state index in [-0.39, 0.29) is 0 Å². The molecule has 3 rings (SSSR count). The van der Waals surface area contributed by atoms with E-state index in [4.69, 9.17) is 0 Å². The number of aromatic carboxylic acids is 1. The van der Waals surface area contributed by atoms with E-state index < -0.39 is 5.97 Å². The summed E-state index contributed by atoms with van der Waals surface area (Å²) in [5.74, 6) is -0.884. The average molecular weight is 300 g/mol. The molecule has 1 aromatic carbocycles. The summed E-state index contributed by atoms with van der Waals surface area (Å²) in [6, 6.07) is 7.90. The van der Waals surface area contributed by atoms with Gasteiger partial charge in [0.2, 0.25) is 0 Å². The van der Waals surface area contributed by atoms with E-state index >= 15 is 0 Å². The number of benzene rings is 1. The first-order valence-corrected chi connectivity index (χ1v) is 7.65. The van der Waals surface area contributed by atoms with Crippen LogP contribution in [0.25, 0.3) is 15.9 Å². The molecule has 2 aromatic heterocycles. The van der Waals surface area contributed by atoms with E-state index in [9.17, 15) is 9.90 Å². The van der Waals surface area contributed by atoms with E-state index in [1.54, 1.807) is 6.07 Å². The zero-order valence-electron chi connectivity index (χ0n) is 12.2. The van der Waals surface area contributed by atoms with Gasteiger partial charge in [-0.3, -0.25) is 0 Å². The number of aryl methyl sites for hydroxylation is 3. The molecule has 21 heavy (non-hydrogen) atoms. The number of carboxylic acids is 1. The van der Waals surface area contributed by atoms with Crippen LogP contribution in [0.1, 0.15) is 33.4 Å². The first kappa shape index (κ1) is 13.8. The van der Waals surface area contributed by atoms with Crippen LogP contribution in [-0.2, 0) is 6.42 Å². The topological polar surface area (TPSA) is 55.1 Å². The van der Waals surface area contributed by atoms with Crippen LogP contribution in [0.15, 0.2) is 24.3 Å². The van der Waals surface area contributed by atoms with Gasteiger partial charge in [-0.1, -0.05) is 13.0 Å². The number of nitrogens with zero attached hydrogens (tertiary/aromatic N) is 2. The maximum atomic E-state index is 11.2. The Hall–Kier alpha value is -2.14. The second kappa shape index (κ2) is 5.00. The van der Waals surface area contributed by atoms with Gasteiger partial charge in [0.15, 0.2) is 0 Å². The molecule has 0 saturated carbocycles. The molecule has 0 amide bonds. The van der Waals surface area contributed by atoms with Gasteiger partial charge >= 0.3 is 5.97 Å². The summed E-state index contributed by atoms with van der Waals surface area (Å²) in [6.07, 6.45) is 0.782. The van der Waals surface area contributed by atoms with Crippen molar-refractivity contribution in [1.29, 1.82) is 0 Å². The number of rotatable bonds is 3. The van der Waals surface area contributed by atoms with Crippen molar-refractivity contribution in [3.63, 3.8) is 0 Å². The van der Waals surface area contributed by atoms with Crippen LogP contribution in [0.2, 0.25) is 0 Å². The Morgan fingerprint density at radius 1 is 1.29 bits per heavy atom. The normalized spacial score (nSPS) is 11.2. The third-order valence-corrected chi connectivity index (χ3v) is 4.82. The predicted molar refractivity (Wildman–Crippen MR) is 84.8 cm³/mol. The zero-order chi connectivity index (χ0) is 15.1. The number of carbonyl (C=O) groups is 1.